The Hall–Kier alpha value is -10.3. The largest absolute Gasteiger partial charge is 0.494 e. The predicted molar refractivity (Wildman–Crippen MR) is 392 cm³/mol. The van der Waals surface area contributed by atoms with Gasteiger partial charge in [0.15, 0.2) is 34.5 Å². The van der Waals surface area contributed by atoms with Crippen LogP contribution in [-0.2, 0) is 73.0 Å². The number of hydrogen-bond acceptors (Lipinski definition) is 20. The first kappa shape index (κ1) is 79.8. The van der Waals surface area contributed by atoms with Gasteiger partial charge in [0.05, 0.1) is 82.6 Å². The van der Waals surface area contributed by atoms with Gasteiger partial charge in [-0.15, -0.1) is 0 Å². The molecule has 586 valence electrons. The fourth-order valence-electron chi connectivity index (χ4n) is 15.8. The summed E-state index contributed by atoms with van der Waals surface area (Å²) in [7, 11) is 3.80. The van der Waals surface area contributed by atoms with Crippen molar-refractivity contribution >= 4 is 64.1 Å². The molecule has 6 spiro atoms. The SMILES string of the molecule is CC1(C)OB(c2cc(C#N)cc(C(F)(F)F)c2)OC1(C)C.CN1C(=O)C2(CC3(CCCOC3)Oc3ccc(Br)cc32)N=C1N.CN1C(=O)[C@@]2(C[C@@]3(CCCOC3)Oc3ccc(-c4cc(C#N)cc(C(F)(F)F)c4)cc32)N=C1N.CN1C(=O)[C@@]2(C[C@]3(CCCOC3)Oc3ccc(-c4cc(C#N)cc(C(F)(F)F)c4)cc32)N=C1N. The van der Waals surface area contributed by atoms with Crippen LogP contribution in [0.4, 0.5) is 39.5 Å². The van der Waals surface area contributed by atoms with Gasteiger partial charge < -0.3 is 54.9 Å². The number of ether oxygens (including phenoxy) is 6. The zero-order chi connectivity index (χ0) is 80.9. The number of hydrogen-bond donors (Lipinski definition) is 3. The Morgan fingerprint density at radius 2 is 0.768 bits per heavy atom. The smallest absolute Gasteiger partial charge is 0.484 e. The molecule has 10 heterocycles. The van der Waals surface area contributed by atoms with Crippen LogP contribution >= 0.6 is 15.9 Å². The molecule has 0 saturated carbocycles. The molecule has 10 aliphatic heterocycles. The van der Waals surface area contributed by atoms with Crippen molar-refractivity contribution in [3.8, 4) is 57.7 Å². The van der Waals surface area contributed by atoms with Crippen LogP contribution in [0, 0.1) is 34.0 Å². The normalized spacial score (nSPS) is 26.5. The highest BCUT2D eigenvalue weighted by Gasteiger charge is 2.62. The zero-order valence-electron chi connectivity index (χ0n) is 61.6. The van der Waals surface area contributed by atoms with Crippen molar-refractivity contribution in [1.82, 2.24) is 14.7 Å². The Bertz CT molecular complexity index is 4850. The number of amides is 3. The summed E-state index contributed by atoms with van der Waals surface area (Å²) in [4.78, 5) is 57.6. The first-order chi connectivity index (χ1) is 52.6. The van der Waals surface area contributed by atoms with Gasteiger partial charge in [-0.1, -0.05) is 34.1 Å². The maximum absolute atomic E-state index is 13.5. The van der Waals surface area contributed by atoms with Gasteiger partial charge in [-0.25, -0.2) is 15.0 Å². The van der Waals surface area contributed by atoms with E-state index >= 15 is 0 Å². The lowest BCUT2D eigenvalue weighted by molar-refractivity contribution is -0.139. The molecule has 34 heteroatoms. The number of fused-ring (bicyclic) bond motifs is 6. The Morgan fingerprint density at radius 1 is 0.446 bits per heavy atom. The number of alkyl halides is 9. The van der Waals surface area contributed by atoms with Crippen LogP contribution in [0.3, 0.4) is 0 Å². The minimum absolute atomic E-state index is 0.0565. The van der Waals surface area contributed by atoms with Gasteiger partial charge in [0.2, 0.25) is 0 Å². The molecule has 0 bridgehead atoms. The third-order valence-electron chi connectivity index (χ3n) is 22.1. The molecule has 0 aromatic heterocycles. The van der Waals surface area contributed by atoms with E-state index in [9.17, 15) is 64.4 Å². The lowest BCUT2D eigenvalue weighted by Gasteiger charge is -2.46. The number of nitriles is 3. The lowest BCUT2D eigenvalue weighted by atomic mass is 9.74. The van der Waals surface area contributed by atoms with Crippen LogP contribution in [0.15, 0.2) is 129 Å². The van der Waals surface area contributed by atoms with Crippen LogP contribution in [0.1, 0.15) is 136 Å². The van der Waals surface area contributed by atoms with E-state index in [0.29, 0.717) is 91.8 Å². The van der Waals surface area contributed by atoms with E-state index in [-0.39, 0.29) is 81.7 Å². The number of guanidine groups is 3. The van der Waals surface area contributed by atoms with Crippen LogP contribution < -0.4 is 36.9 Å². The average Bonchev–Trinajstić information content (AvgIpc) is 1.36. The van der Waals surface area contributed by atoms with E-state index in [0.717, 1.165) is 78.7 Å². The van der Waals surface area contributed by atoms with Crippen LogP contribution in [-0.4, -0.2) is 146 Å². The second kappa shape index (κ2) is 28.7. The minimum atomic E-state index is -4.61. The third-order valence-corrected chi connectivity index (χ3v) is 22.6. The molecule has 10 aliphatic rings. The summed E-state index contributed by atoms with van der Waals surface area (Å²) in [5.41, 5.74) is 10.8. The average molecular weight is 1620 g/mol. The van der Waals surface area contributed by atoms with E-state index in [1.54, 1.807) is 61.7 Å². The molecule has 2 unspecified atom stereocenters. The van der Waals surface area contributed by atoms with Crippen molar-refractivity contribution in [3.63, 3.8) is 0 Å². The first-order valence-electron chi connectivity index (χ1n) is 35.6. The zero-order valence-corrected chi connectivity index (χ0v) is 63.2. The number of benzene rings is 6. The number of rotatable bonds is 3. The molecule has 6 atom stereocenters. The van der Waals surface area contributed by atoms with Gasteiger partial charge in [-0.3, -0.25) is 29.1 Å². The van der Waals surface area contributed by atoms with E-state index in [2.05, 4.69) is 30.9 Å². The number of likely N-dealkylation sites (N-methyl/N-ethyl adjacent to an activating group) is 3. The molecule has 6 aromatic carbocycles. The second-order valence-corrected chi connectivity index (χ2v) is 31.3. The summed E-state index contributed by atoms with van der Waals surface area (Å²) < 4.78 is 168. The summed E-state index contributed by atoms with van der Waals surface area (Å²) in [6.45, 7) is 10.2. The quantitative estimate of drug-likeness (QED) is 0.109. The van der Waals surface area contributed by atoms with Crippen LogP contribution in [0.25, 0.3) is 22.3 Å². The second-order valence-electron chi connectivity index (χ2n) is 30.4. The van der Waals surface area contributed by atoms with E-state index in [4.69, 9.17) is 60.2 Å². The number of halogens is 10. The molecular weight excluding hydrogens is 1540 g/mol. The maximum atomic E-state index is 13.5. The highest BCUT2D eigenvalue weighted by Crippen LogP contribution is 2.56. The molecule has 3 amide bonds. The third kappa shape index (κ3) is 14.6. The van der Waals surface area contributed by atoms with Crippen molar-refractivity contribution in [2.75, 3.05) is 60.8 Å². The van der Waals surface area contributed by atoms with Gasteiger partial charge in [0, 0.05) is 81.4 Å². The molecule has 23 nitrogen and oxygen atoms in total. The fraction of sp³-hybridized carbons (Fsp3) is 0.423. The van der Waals surface area contributed by atoms with Crippen LogP contribution in [0.2, 0.25) is 0 Å². The number of aliphatic imine (C=N–C) groups is 3. The Kier molecular flexibility index (Phi) is 20.5. The highest BCUT2D eigenvalue weighted by atomic mass is 79.9. The summed E-state index contributed by atoms with van der Waals surface area (Å²) in [6.07, 6.45) is -8.29. The molecule has 4 saturated heterocycles. The molecule has 4 fully saturated rings. The van der Waals surface area contributed by atoms with Gasteiger partial charge in [0.25, 0.3) is 17.7 Å². The van der Waals surface area contributed by atoms with Crippen molar-refractivity contribution in [1.29, 1.82) is 15.8 Å². The Morgan fingerprint density at radius 3 is 1.07 bits per heavy atom. The summed E-state index contributed by atoms with van der Waals surface area (Å²) in [6, 6.07) is 30.2. The van der Waals surface area contributed by atoms with E-state index < -0.39 is 87.0 Å². The van der Waals surface area contributed by atoms with Gasteiger partial charge >= 0.3 is 25.6 Å². The summed E-state index contributed by atoms with van der Waals surface area (Å²) in [5, 5.41) is 27.4. The molecule has 0 radical (unpaired) electrons. The summed E-state index contributed by atoms with van der Waals surface area (Å²) in [5.74, 6) is 1.09. The van der Waals surface area contributed by atoms with E-state index in [1.165, 1.54) is 47.0 Å². The number of nitrogens with two attached hydrogens (primary N) is 3. The molecule has 0 aliphatic carbocycles. The molecule has 6 N–H and O–H groups in total. The Labute approximate surface area is 646 Å². The number of carbonyl (C=O) groups excluding carboxylic acids is 3. The summed E-state index contributed by atoms with van der Waals surface area (Å²) >= 11 is 3.47. The van der Waals surface area contributed by atoms with Gasteiger partial charge in [0.1, 0.15) is 34.1 Å². The number of nitrogens with zero attached hydrogens (tertiary/aromatic N) is 9. The highest BCUT2D eigenvalue weighted by molar-refractivity contribution is 9.10. The van der Waals surface area contributed by atoms with Crippen molar-refractivity contribution in [2.45, 2.75) is 149 Å². The van der Waals surface area contributed by atoms with Crippen molar-refractivity contribution < 1.29 is 91.6 Å². The molecule has 112 heavy (non-hydrogen) atoms. The molecular formula is C78H75BBrF9N12O11. The molecule has 6 aromatic rings. The standard InChI is InChI=1S/2C24H21F3N4O3.C16H18BrN3O3.C14H15BF3NO2/c2*1-31-20(32)23(30-21(31)29)12-22(5-2-6-33-13-22)34-19-4-3-15(10-18(19)23)16-7-14(11-28)8-17(9-16)24(25,26)27;1-20-13(21)16(19-14(20)18)8-15(5-2-6-22-9-15)23-12-4-3-10(17)7-11(12)16;1-12(2)13(3,4)21-15(20-12)11-6-9(8-19)5-10(7-11)14(16,17)18/h2*3-4,7-10H,2,5-6,12-13H2,1H3,(H2,29,30);3-4,7H,2,5-6,8-9H2,1H3,(H2,18,19);5-7H,1-4H3/t22-,23+;22-,23-;;/m10../s1. The fourth-order valence-corrected chi connectivity index (χ4v) is 16.2. The maximum Gasteiger partial charge on any atom is 0.494 e. The lowest BCUT2D eigenvalue weighted by Crippen LogP contribution is -2.55. The first-order valence-corrected chi connectivity index (χ1v) is 36.4. The Balaban J connectivity index is 0.000000134. The predicted octanol–water partition coefficient (Wildman–Crippen LogP) is 11.8. The van der Waals surface area contributed by atoms with Gasteiger partial charge in [-0.2, -0.15) is 55.3 Å². The van der Waals surface area contributed by atoms with Crippen LogP contribution in [0.5, 0.6) is 17.2 Å². The van der Waals surface area contributed by atoms with Gasteiger partial charge in [-0.05, 0) is 185 Å². The molecule has 16 rings (SSSR count). The topological polar surface area (TPSA) is 321 Å². The number of carbonyl (C=O) groups is 3. The minimum Gasteiger partial charge on any atom is -0.484 e. The van der Waals surface area contributed by atoms with Crippen molar-refractivity contribution in [2.24, 2.45) is 32.2 Å². The van der Waals surface area contributed by atoms with Crippen molar-refractivity contribution in [3.05, 3.63) is 164 Å². The monoisotopic (exact) mass is 1620 g/mol. The van der Waals surface area contributed by atoms with E-state index in [1.807, 2.05) is 45.9 Å².